The van der Waals surface area contributed by atoms with Gasteiger partial charge >= 0.3 is 5.97 Å². The number of hydrogen-bond donors (Lipinski definition) is 1. The maximum Gasteiger partial charge on any atom is 0.323 e. The number of rotatable bonds is 5. The van der Waals surface area contributed by atoms with E-state index in [0.717, 1.165) is 0 Å². The Labute approximate surface area is 133 Å². The first-order valence-electron chi connectivity index (χ1n) is 7.38. The number of nitrogens with zero attached hydrogens (tertiary/aromatic N) is 2. The average molecular weight is 321 g/mol. The van der Waals surface area contributed by atoms with E-state index in [1.165, 1.54) is 12.1 Å². The minimum absolute atomic E-state index is 0.0468. The summed E-state index contributed by atoms with van der Waals surface area (Å²) < 4.78 is 5.00. The number of carbonyl (C=O) groups excluding carboxylic acids is 2. The number of nitrogens with one attached hydrogen (secondary N) is 1. The highest BCUT2D eigenvalue weighted by molar-refractivity contribution is 5.95. The third-order valence-electron chi connectivity index (χ3n) is 3.83. The van der Waals surface area contributed by atoms with Gasteiger partial charge < -0.3 is 10.1 Å². The number of cyclic esters (lactones) is 1. The molecule has 1 N–H and O–H groups in total. The van der Waals surface area contributed by atoms with Crippen LogP contribution in [0.25, 0.3) is 0 Å². The summed E-state index contributed by atoms with van der Waals surface area (Å²) in [6.45, 7) is 5.22. The van der Waals surface area contributed by atoms with Gasteiger partial charge in [0.05, 0.1) is 17.0 Å². The van der Waals surface area contributed by atoms with Gasteiger partial charge in [-0.25, -0.2) is 0 Å². The van der Waals surface area contributed by atoms with E-state index in [1.54, 1.807) is 13.0 Å². The van der Waals surface area contributed by atoms with Crippen LogP contribution < -0.4 is 5.32 Å². The predicted molar refractivity (Wildman–Crippen MR) is 83.1 cm³/mol. The zero-order valence-corrected chi connectivity index (χ0v) is 13.1. The summed E-state index contributed by atoms with van der Waals surface area (Å²) >= 11 is 0. The van der Waals surface area contributed by atoms with Gasteiger partial charge in [-0.2, -0.15) is 0 Å². The normalized spacial score (nSPS) is 18.3. The lowest BCUT2D eigenvalue weighted by Gasteiger charge is -2.32. The standard InChI is InChI=1S/C15H19N3O5/c1-3-17-6-7-23-15(20)13(17)9-14(19)16-12-8-11(18(21)22)5-4-10(12)2/h4-5,8,13H,3,6-7,9H2,1-2H3,(H,16,19)/t13-/m1/s1. The summed E-state index contributed by atoms with van der Waals surface area (Å²) in [4.78, 5) is 36.2. The van der Waals surface area contributed by atoms with Crippen molar-refractivity contribution in [1.29, 1.82) is 0 Å². The summed E-state index contributed by atoms with van der Waals surface area (Å²) in [5, 5.41) is 13.5. The molecule has 2 rings (SSSR count). The number of non-ortho nitro benzene ring substituents is 1. The lowest BCUT2D eigenvalue weighted by atomic mass is 10.1. The molecule has 8 heteroatoms. The van der Waals surface area contributed by atoms with Crippen LogP contribution in [0.4, 0.5) is 11.4 Å². The molecule has 0 unspecified atom stereocenters. The number of hydrogen-bond acceptors (Lipinski definition) is 6. The molecule has 124 valence electrons. The summed E-state index contributed by atoms with van der Waals surface area (Å²) in [7, 11) is 0. The largest absolute Gasteiger partial charge is 0.463 e. The molecule has 1 heterocycles. The topological polar surface area (TPSA) is 102 Å². The van der Waals surface area contributed by atoms with E-state index in [2.05, 4.69) is 5.32 Å². The van der Waals surface area contributed by atoms with Crippen molar-refractivity contribution < 1.29 is 19.2 Å². The number of aryl methyl sites for hydroxylation is 1. The molecule has 1 saturated heterocycles. The SMILES string of the molecule is CCN1CCOC(=O)[C@H]1CC(=O)Nc1cc([N+](=O)[O-])ccc1C. The zero-order valence-electron chi connectivity index (χ0n) is 13.1. The lowest BCUT2D eigenvalue weighted by molar-refractivity contribution is -0.384. The zero-order chi connectivity index (χ0) is 17.0. The van der Waals surface area contributed by atoms with Crippen LogP contribution in [0, 0.1) is 17.0 Å². The van der Waals surface area contributed by atoms with Crippen LogP contribution in [0.2, 0.25) is 0 Å². The molecular weight excluding hydrogens is 302 g/mol. The fourth-order valence-electron chi connectivity index (χ4n) is 2.49. The lowest BCUT2D eigenvalue weighted by Crippen LogP contribution is -2.50. The third kappa shape index (κ3) is 4.04. The molecule has 1 atom stereocenters. The quantitative estimate of drug-likeness (QED) is 0.501. The monoisotopic (exact) mass is 321 g/mol. The van der Waals surface area contributed by atoms with E-state index in [9.17, 15) is 19.7 Å². The number of nitro benzene ring substituents is 1. The van der Waals surface area contributed by atoms with Crippen molar-refractivity contribution in [3.8, 4) is 0 Å². The second kappa shape index (κ2) is 7.19. The van der Waals surface area contributed by atoms with Crippen LogP contribution in [-0.2, 0) is 14.3 Å². The minimum atomic E-state index is -0.618. The molecule has 8 nitrogen and oxygen atoms in total. The van der Waals surface area contributed by atoms with Gasteiger partial charge in [0, 0.05) is 18.7 Å². The Morgan fingerprint density at radius 2 is 2.26 bits per heavy atom. The third-order valence-corrected chi connectivity index (χ3v) is 3.83. The number of anilines is 1. The molecular formula is C15H19N3O5. The van der Waals surface area contributed by atoms with Gasteiger partial charge in [0.25, 0.3) is 5.69 Å². The average Bonchev–Trinajstić information content (AvgIpc) is 2.51. The number of ether oxygens (including phenoxy) is 1. The fourth-order valence-corrected chi connectivity index (χ4v) is 2.49. The van der Waals surface area contributed by atoms with Crippen molar-refractivity contribution in [2.45, 2.75) is 26.3 Å². The molecule has 1 aromatic carbocycles. The summed E-state index contributed by atoms with van der Waals surface area (Å²) in [6, 6.07) is 3.64. The molecule has 0 radical (unpaired) electrons. The molecule has 1 fully saturated rings. The van der Waals surface area contributed by atoms with E-state index >= 15 is 0 Å². The number of amides is 1. The highest BCUT2D eigenvalue weighted by atomic mass is 16.6. The van der Waals surface area contributed by atoms with Crippen LogP contribution in [0.5, 0.6) is 0 Å². The Bertz CT molecular complexity index is 632. The highest BCUT2D eigenvalue weighted by Crippen LogP contribution is 2.22. The number of esters is 1. The van der Waals surface area contributed by atoms with Gasteiger partial charge in [-0.05, 0) is 19.0 Å². The molecule has 0 bridgehead atoms. The molecule has 0 aliphatic carbocycles. The molecule has 0 spiro atoms. The first-order chi connectivity index (χ1) is 10.9. The highest BCUT2D eigenvalue weighted by Gasteiger charge is 2.32. The van der Waals surface area contributed by atoms with Gasteiger partial charge in [-0.1, -0.05) is 13.0 Å². The van der Waals surface area contributed by atoms with Crippen molar-refractivity contribution in [2.75, 3.05) is 25.0 Å². The first kappa shape index (κ1) is 16.9. The van der Waals surface area contributed by atoms with E-state index in [-0.39, 0.29) is 18.0 Å². The Balaban J connectivity index is 2.08. The van der Waals surface area contributed by atoms with Crippen molar-refractivity contribution in [2.24, 2.45) is 0 Å². The van der Waals surface area contributed by atoms with E-state index in [1.807, 2.05) is 11.8 Å². The number of benzene rings is 1. The van der Waals surface area contributed by atoms with E-state index < -0.39 is 16.9 Å². The van der Waals surface area contributed by atoms with E-state index in [0.29, 0.717) is 30.9 Å². The Morgan fingerprint density at radius 3 is 2.91 bits per heavy atom. The van der Waals surface area contributed by atoms with Gasteiger partial charge in [0.15, 0.2) is 0 Å². The second-order valence-corrected chi connectivity index (χ2v) is 5.32. The van der Waals surface area contributed by atoms with Crippen LogP contribution >= 0.6 is 0 Å². The molecule has 1 aliphatic heterocycles. The molecule has 0 aromatic heterocycles. The molecule has 0 saturated carbocycles. The van der Waals surface area contributed by atoms with Crippen molar-refractivity contribution in [3.63, 3.8) is 0 Å². The molecule has 23 heavy (non-hydrogen) atoms. The molecule has 1 amide bonds. The van der Waals surface area contributed by atoms with Crippen molar-refractivity contribution in [1.82, 2.24) is 4.90 Å². The van der Waals surface area contributed by atoms with Crippen LogP contribution in [0.1, 0.15) is 18.9 Å². The van der Waals surface area contributed by atoms with Gasteiger partial charge in [-0.15, -0.1) is 0 Å². The number of nitro groups is 1. The Kier molecular flexibility index (Phi) is 5.28. The Morgan fingerprint density at radius 1 is 1.52 bits per heavy atom. The minimum Gasteiger partial charge on any atom is -0.463 e. The summed E-state index contributed by atoms with van der Waals surface area (Å²) in [6.07, 6.45) is -0.0468. The number of carbonyl (C=O) groups is 2. The van der Waals surface area contributed by atoms with Gasteiger partial charge in [0.2, 0.25) is 5.91 Å². The molecule has 1 aromatic rings. The second-order valence-electron chi connectivity index (χ2n) is 5.32. The Hall–Kier alpha value is -2.48. The maximum absolute atomic E-state index is 12.2. The smallest absolute Gasteiger partial charge is 0.323 e. The molecule has 1 aliphatic rings. The summed E-state index contributed by atoms with van der Waals surface area (Å²) in [5.41, 5.74) is 0.983. The van der Waals surface area contributed by atoms with Crippen LogP contribution in [0.15, 0.2) is 18.2 Å². The number of likely N-dealkylation sites (N-methyl/N-ethyl adjacent to an activating group) is 1. The fraction of sp³-hybridized carbons (Fsp3) is 0.467. The predicted octanol–water partition coefficient (Wildman–Crippen LogP) is 1.48. The van der Waals surface area contributed by atoms with Gasteiger partial charge in [0.1, 0.15) is 12.6 Å². The van der Waals surface area contributed by atoms with Crippen molar-refractivity contribution in [3.05, 3.63) is 33.9 Å². The maximum atomic E-state index is 12.2. The van der Waals surface area contributed by atoms with Crippen molar-refractivity contribution >= 4 is 23.3 Å². The summed E-state index contributed by atoms with van der Waals surface area (Å²) in [5.74, 6) is -0.792. The van der Waals surface area contributed by atoms with Gasteiger partial charge in [-0.3, -0.25) is 24.6 Å². The van der Waals surface area contributed by atoms with Crippen LogP contribution in [-0.4, -0.2) is 47.4 Å². The van der Waals surface area contributed by atoms with Crippen LogP contribution in [0.3, 0.4) is 0 Å². The number of morpholine rings is 1. The first-order valence-corrected chi connectivity index (χ1v) is 7.38. The van der Waals surface area contributed by atoms with E-state index in [4.69, 9.17) is 4.74 Å².